The fourth-order valence-electron chi connectivity index (χ4n) is 2.29. The summed E-state index contributed by atoms with van der Waals surface area (Å²) in [6, 6.07) is 11.8. The molecule has 0 bridgehead atoms. The molecule has 3 rings (SSSR count). The Hall–Kier alpha value is -2.30. The molecule has 0 radical (unpaired) electrons. The molecule has 2 N–H and O–H groups in total. The Balaban J connectivity index is 1.56. The van der Waals surface area contributed by atoms with Crippen LogP contribution in [0.2, 0.25) is 0 Å². The van der Waals surface area contributed by atoms with Crippen molar-refractivity contribution in [2.75, 3.05) is 10.0 Å². The van der Waals surface area contributed by atoms with Crippen LogP contribution in [0.5, 0.6) is 0 Å². The monoisotopic (exact) mass is 483 g/mol. The number of nitrogens with one attached hydrogen (secondary N) is 2. The van der Waals surface area contributed by atoms with Crippen LogP contribution in [0.4, 0.5) is 15.2 Å². The molecule has 1 aromatic heterocycles. The number of aryl methyl sites for hydroxylation is 1. The number of sulfonamides is 1. The molecule has 0 aliphatic carbocycles. The Morgan fingerprint density at radius 1 is 1.18 bits per heavy atom. The van der Waals surface area contributed by atoms with Crippen molar-refractivity contribution in [3.8, 4) is 0 Å². The maximum Gasteiger partial charge on any atom is 0.263 e. The first-order valence-corrected chi connectivity index (χ1v) is 11.3. The van der Waals surface area contributed by atoms with Crippen molar-refractivity contribution in [1.29, 1.82) is 0 Å². The Labute approximate surface area is 174 Å². The van der Waals surface area contributed by atoms with Crippen molar-refractivity contribution < 1.29 is 17.6 Å². The van der Waals surface area contributed by atoms with Gasteiger partial charge in [0.1, 0.15) is 5.82 Å². The summed E-state index contributed by atoms with van der Waals surface area (Å²) in [4.78, 5) is 16.2. The molecule has 0 aliphatic rings. The van der Waals surface area contributed by atoms with E-state index in [0.717, 1.165) is 27.9 Å². The zero-order chi connectivity index (χ0) is 20.1. The molecule has 0 unspecified atom stereocenters. The molecule has 6 nitrogen and oxygen atoms in total. The van der Waals surface area contributed by atoms with Crippen LogP contribution in [-0.2, 0) is 21.2 Å². The van der Waals surface area contributed by atoms with E-state index in [1.807, 2.05) is 12.1 Å². The number of benzene rings is 2. The summed E-state index contributed by atoms with van der Waals surface area (Å²) in [5.41, 5.74) is 1.29. The number of carbonyl (C=O) groups is 1. The topological polar surface area (TPSA) is 88.2 Å². The predicted octanol–water partition coefficient (Wildman–Crippen LogP) is 4.42. The minimum Gasteiger partial charge on any atom is -0.326 e. The van der Waals surface area contributed by atoms with E-state index in [2.05, 4.69) is 31.0 Å². The Morgan fingerprint density at radius 3 is 2.64 bits per heavy atom. The molecule has 3 aromatic rings. The number of halogens is 2. The fraction of sp³-hybridized carbons (Fsp3) is 0.111. The SMILES string of the molecule is O=C(CCc1csc(NS(=O)(=O)c2ccc(F)cc2)n1)Nc1cccc(Br)c1. The number of nitrogens with zero attached hydrogens (tertiary/aromatic N) is 1. The predicted molar refractivity (Wildman–Crippen MR) is 110 cm³/mol. The first kappa shape index (κ1) is 20.4. The second-order valence-corrected chi connectivity index (χ2v) is 9.22. The van der Waals surface area contributed by atoms with Gasteiger partial charge in [-0.2, -0.15) is 0 Å². The smallest absolute Gasteiger partial charge is 0.263 e. The van der Waals surface area contributed by atoms with Gasteiger partial charge >= 0.3 is 0 Å². The molecule has 1 heterocycles. The van der Waals surface area contributed by atoms with E-state index in [-0.39, 0.29) is 22.4 Å². The largest absolute Gasteiger partial charge is 0.326 e. The third-order valence-electron chi connectivity index (χ3n) is 3.61. The summed E-state index contributed by atoms with van der Waals surface area (Å²) in [6.07, 6.45) is 0.578. The molecule has 0 saturated heterocycles. The summed E-state index contributed by atoms with van der Waals surface area (Å²) in [6.45, 7) is 0. The number of hydrogen-bond donors (Lipinski definition) is 2. The van der Waals surface area contributed by atoms with Crippen LogP contribution in [0.3, 0.4) is 0 Å². The minimum atomic E-state index is -3.85. The average Bonchev–Trinajstić information content (AvgIpc) is 3.07. The van der Waals surface area contributed by atoms with E-state index in [4.69, 9.17) is 0 Å². The van der Waals surface area contributed by atoms with Crippen LogP contribution >= 0.6 is 27.3 Å². The van der Waals surface area contributed by atoms with Gasteiger partial charge in [0.15, 0.2) is 5.13 Å². The van der Waals surface area contributed by atoms with E-state index >= 15 is 0 Å². The molecule has 0 fully saturated rings. The van der Waals surface area contributed by atoms with Gasteiger partial charge in [-0.15, -0.1) is 11.3 Å². The summed E-state index contributed by atoms with van der Waals surface area (Å²) >= 11 is 4.46. The second-order valence-electron chi connectivity index (χ2n) is 5.76. The van der Waals surface area contributed by atoms with Crippen molar-refractivity contribution >= 4 is 54.0 Å². The van der Waals surface area contributed by atoms with Crippen LogP contribution in [0.15, 0.2) is 63.3 Å². The van der Waals surface area contributed by atoms with Crippen molar-refractivity contribution in [2.45, 2.75) is 17.7 Å². The summed E-state index contributed by atoms with van der Waals surface area (Å²) in [5.74, 6) is -0.684. The zero-order valence-corrected chi connectivity index (χ0v) is 17.6. The van der Waals surface area contributed by atoms with Crippen molar-refractivity contribution in [3.05, 3.63) is 69.9 Å². The number of anilines is 2. The third kappa shape index (κ3) is 5.60. The maximum atomic E-state index is 13.0. The number of amides is 1. The highest BCUT2D eigenvalue weighted by Crippen LogP contribution is 2.21. The molecule has 0 spiro atoms. The van der Waals surface area contributed by atoms with Gasteiger partial charge in [0.05, 0.1) is 10.6 Å². The molecule has 2 aromatic carbocycles. The van der Waals surface area contributed by atoms with Crippen molar-refractivity contribution in [2.24, 2.45) is 0 Å². The standard InChI is InChI=1S/C18H15BrFN3O3S2/c19-12-2-1-3-14(10-12)21-17(24)9-6-15-11-27-18(22-15)23-28(25,26)16-7-4-13(20)5-8-16/h1-5,7-8,10-11H,6,9H2,(H,21,24)(H,22,23). The summed E-state index contributed by atoms with van der Waals surface area (Å²) in [5, 5.41) is 4.66. The number of hydrogen-bond acceptors (Lipinski definition) is 5. The van der Waals surface area contributed by atoms with Crippen LogP contribution in [0, 0.1) is 5.82 Å². The van der Waals surface area contributed by atoms with Gasteiger partial charge in [-0.05, 0) is 48.9 Å². The van der Waals surface area contributed by atoms with Gasteiger partial charge in [0, 0.05) is 22.0 Å². The summed E-state index contributed by atoms with van der Waals surface area (Å²) < 4.78 is 40.7. The van der Waals surface area contributed by atoms with E-state index in [1.165, 1.54) is 12.1 Å². The lowest BCUT2D eigenvalue weighted by Gasteiger charge is -2.05. The molecule has 1 amide bonds. The van der Waals surface area contributed by atoms with Gasteiger partial charge in [-0.1, -0.05) is 22.0 Å². The van der Waals surface area contributed by atoms with Crippen molar-refractivity contribution in [1.82, 2.24) is 4.98 Å². The number of thiazole rings is 1. The molecule has 146 valence electrons. The average molecular weight is 484 g/mol. The number of carbonyl (C=O) groups excluding carboxylic acids is 1. The van der Waals surface area contributed by atoms with E-state index < -0.39 is 15.8 Å². The summed E-state index contributed by atoms with van der Waals surface area (Å²) in [7, 11) is -3.85. The van der Waals surface area contributed by atoms with E-state index in [0.29, 0.717) is 17.8 Å². The molecule has 0 saturated carbocycles. The maximum absolute atomic E-state index is 13.0. The Morgan fingerprint density at radius 2 is 1.93 bits per heavy atom. The minimum absolute atomic E-state index is 0.0564. The number of rotatable bonds is 7. The van der Waals surface area contributed by atoms with Gasteiger partial charge in [-0.3, -0.25) is 9.52 Å². The third-order valence-corrected chi connectivity index (χ3v) is 6.40. The highest BCUT2D eigenvalue weighted by molar-refractivity contribution is 9.10. The van der Waals surface area contributed by atoms with Crippen molar-refractivity contribution in [3.63, 3.8) is 0 Å². The van der Waals surface area contributed by atoms with Crippen LogP contribution < -0.4 is 10.0 Å². The van der Waals surface area contributed by atoms with Gasteiger partial charge in [-0.25, -0.2) is 17.8 Å². The van der Waals surface area contributed by atoms with E-state index in [9.17, 15) is 17.6 Å². The Kier molecular flexibility index (Phi) is 6.42. The lowest BCUT2D eigenvalue weighted by atomic mass is 10.2. The fourth-order valence-corrected chi connectivity index (χ4v) is 4.68. The lowest BCUT2D eigenvalue weighted by molar-refractivity contribution is -0.116. The van der Waals surface area contributed by atoms with Crippen LogP contribution in [0.1, 0.15) is 12.1 Å². The van der Waals surface area contributed by atoms with Gasteiger partial charge in [0.25, 0.3) is 10.0 Å². The highest BCUT2D eigenvalue weighted by Gasteiger charge is 2.16. The molecular weight excluding hydrogens is 469 g/mol. The lowest BCUT2D eigenvalue weighted by Crippen LogP contribution is -2.13. The molecule has 0 aliphatic heterocycles. The molecular formula is C18H15BrFN3O3S2. The van der Waals surface area contributed by atoms with Crippen LogP contribution in [0.25, 0.3) is 0 Å². The zero-order valence-electron chi connectivity index (χ0n) is 14.4. The first-order valence-electron chi connectivity index (χ1n) is 8.10. The first-order chi connectivity index (χ1) is 13.3. The number of aromatic nitrogens is 1. The highest BCUT2D eigenvalue weighted by atomic mass is 79.9. The molecule has 10 heteroatoms. The normalized spacial score (nSPS) is 11.2. The van der Waals surface area contributed by atoms with E-state index in [1.54, 1.807) is 17.5 Å². The van der Waals surface area contributed by atoms with Gasteiger partial charge in [0.2, 0.25) is 5.91 Å². The Bertz CT molecular complexity index is 1090. The quantitative estimate of drug-likeness (QED) is 0.520. The molecule has 0 atom stereocenters. The molecule has 28 heavy (non-hydrogen) atoms. The second kappa shape index (κ2) is 8.80. The van der Waals surface area contributed by atoms with Crippen LogP contribution in [-0.4, -0.2) is 19.3 Å². The van der Waals surface area contributed by atoms with Gasteiger partial charge < -0.3 is 5.32 Å².